The maximum atomic E-state index is 12.2. The molecule has 0 saturated heterocycles. The quantitative estimate of drug-likeness (QED) is 0.349. The maximum Gasteiger partial charge on any atom is 0.236 e. The molecule has 4 heterocycles. The van der Waals surface area contributed by atoms with Gasteiger partial charge in [-0.25, -0.2) is 0 Å². The highest BCUT2D eigenvalue weighted by atomic mass is 32.2. The fraction of sp³-hybridized carbons (Fsp3) is 0.188. The molecule has 4 aromatic rings. The second-order valence-corrected chi connectivity index (χ2v) is 8.83. The number of amides is 1. The van der Waals surface area contributed by atoms with Gasteiger partial charge in [-0.1, -0.05) is 41.8 Å². The molecular formula is C16H14N8OS3. The van der Waals surface area contributed by atoms with E-state index in [-0.39, 0.29) is 11.7 Å². The van der Waals surface area contributed by atoms with E-state index in [4.69, 9.17) is 0 Å². The van der Waals surface area contributed by atoms with Crippen LogP contribution in [-0.2, 0) is 4.79 Å². The van der Waals surface area contributed by atoms with Gasteiger partial charge >= 0.3 is 0 Å². The Hall–Kier alpha value is -2.57. The van der Waals surface area contributed by atoms with E-state index in [0.717, 1.165) is 15.7 Å². The van der Waals surface area contributed by atoms with Crippen molar-refractivity contribution in [2.75, 3.05) is 16.8 Å². The van der Waals surface area contributed by atoms with E-state index >= 15 is 0 Å². The van der Waals surface area contributed by atoms with Crippen LogP contribution in [0.25, 0.3) is 17.0 Å². The molecule has 0 aliphatic heterocycles. The summed E-state index contributed by atoms with van der Waals surface area (Å²) < 4.78 is 2.49. The number of hydrogen-bond donors (Lipinski definition) is 1. The Morgan fingerprint density at radius 2 is 2.11 bits per heavy atom. The van der Waals surface area contributed by atoms with Crippen LogP contribution in [0.3, 0.4) is 0 Å². The molecule has 28 heavy (non-hydrogen) atoms. The van der Waals surface area contributed by atoms with E-state index < -0.39 is 0 Å². The SMILES string of the molecule is CCSc1nnc(NC(=O)CSc2ccc3nnc(-c4cccnc4)n3n2)s1. The summed E-state index contributed by atoms with van der Waals surface area (Å²) >= 11 is 4.28. The van der Waals surface area contributed by atoms with Crippen molar-refractivity contribution < 1.29 is 4.79 Å². The predicted molar refractivity (Wildman–Crippen MR) is 110 cm³/mol. The van der Waals surface area contributed by atoms with Gasteiger partial charge in [-0.15, -0.1) is 20.4 Å². The number of aromatic nitrogens is 7. The summed E-state index contributed by atoms with van der Waals surface area (Å²) in [6.45, 7) is 2.04. The fourth-order valence-electron chi connectivity index (χ4n) is 2.26. The number of hydrogen-bond acceptors (Lipinski definition) is 10. The third kappa shape index (κ3) is 4.29. The molecule has 0 fully saturated rings. The predicted octanol–water partition coefficient (Wildman–Crippen LogP) is 2.88. The third-order valence-electron chi connectivity index (χ3n) is 3.43. The molecule has 0 spiro atoms. The molecule has 0 aliphatic carbocycles. The normalized spacial score (nSPS) is 11.0. The van der Waals surface area contributed by atoms with Crippen LogP contribution in [0.15, 0.2) is 46.0 Å². The van der Waals surface area contributed by atoms with E-state index in [9.17, 15) is 4.79 Å². The van der Waals surface area contributed by atoms with Crippen LogP contribution in [0.1, 0.15) is 6.92 Å². The highest BCUT2D eigenvalue weighted by Crippen LogP contribution is 2.25. The lowest BCUT2D eigenvalue weighted by molar-refractivity contribution is -0.113. The minimum atomic E-state index is -0.160. The molecule has 0 radical (unpaired) electrons. The maximum absolute atomic E-state index is 12.2. The Kier molecular flexibility index (Phi) is 5.78. The largest absolute Gasteiger partial charge is 0.300 e. The number of pyridine rings is 1. The first-order valence-corrected chi connectivity index (χ1v) is 11.0. The van der Waals surface area contributed by atoms with Crippen LogP contribution >= 0.6 is 34.9 Å². The number of rotatable bonds is 7. The van der Waals surface area contributed by atoms with Crippen molar-refractivity contribution in [1.82, 2.24) is 35.0 Å². The van der Waals surface area contributed by atoms with Gasteiger partial charge in [0, 0.05) is 18.0 Å². The Morgan fingerprint density at radius 3 is 2.93 bits per heavy atom. The van der Waals surface area contributed by atoms with Crippen LogP contribution in [0.2, 0.25) is 0 Å². The third-order valence-corrected chi connectivity index (χ3v) is 6.20. The summed E-state index contributed by atoms with van der Waals surface area (Å²) in [4.78, 5) is 16.3. The van der Waals surface area contributed by atoms with Crippen molar-refractivity contribution in [2.45, 2.75) is 16.3 Å². The molecule has 0 aliphatic rings. The summed E-state index contributed by atoms with van der Waals surface area (Å²) in [5.74, 6) is 1.56. The van der Waals surface area contributed by atoms with Crippen LogP contribution in [-0.4, -0.2) is 52.4 Å². The van der Waals surface area contributed by atoms with Gasteiger partial charge in [0.2, 0.25) is 11.0 Å². The lowest BCUT2D eigenvalue weighted by atomic mass is 10.3. The number of fused-ring (bicyclic) bond motifs is 1. The standard InChI is InChI=1S/C16H14N8OS3/c1-2-26-16-22-21-15(28-16)18-12(25)9-27-13-6-5-11-19-20-14(24(11)23-13)10-4-3-7-17-8-10/h3-8H,2,9H2,1H3,(H,18,21,25). The van der Waals surface area contributed by atoms with Crippen molar-refractivity contribution in [3.05, 3.63) is 36.7 Å². The van der Waals surface area contributed by atoms with Crippen LogP contribution in [0, 0.1) is 0 Å². The molecule has 9 nitrogen and oxygen atoms in total. The smallest absolute Gasteiger partial charge is 0.236 e. The Bertz CT molecular complexity index is 1100. The molecule has 4 rings (SSSR count). The van der Waals surface area contributed by atoms with Crippen LogP contribution in [0.4, 0.5) is 5.13 Å². The van der Waals surface area contributed by atoms with Gasteiger partial charge in [0.15, 0.2) is 15.8 Å². The average Bonchev–Trinajstić information content (AvgIpc) is 3.34. The van der Waals surface area contributed by atoms with Crippen LogP contribution in [0.5, 0.6) is 0 Å². The lowest BCUT2D eigenvalue weighted by Gasteiger charge is -2.03. The first-order chi connectivity index (χ1) is 13.7. The topological polar surface area (TPSA) is 111 Å². The van der Waals surface area contributed by atoms with Crippen molar-refractivity contribution in [3.8, 4) is 11.4 Å². The summed E-state index contributed by atoms with van der Waals surface area (Å²) in [6.07, 6.45) is 3.40. The van der Waals surface area contributed by atoms with Gasteiger partial charge in [-0.3, -0.25) is 15.1 Å². The number of nitrogens with zero attached hydrogens (tertiary/aromatic N) is 7. The van der Waals surface area contributed by atoms with Crippen LogP contribution < -0.4 is 5.32 Å². The molecule has 0 saturated carbocycles. The molecule has 0 atom stereocenters. The molecule has 0 bridgehead atoms. The molecule has 0 unspecified atom stereocenters. The fourth-order valence-corrected chi connectivity index (χ4v) is 4.58. The molecule has 1 N–H and O–H groups in total. The Morgan fingerprint density at radius 1 is 1.18 bits per heavy atom. The monoisotopic (exact) mass is 430 g/mol. The number of nitrogens with one attached hydrogen (secondary N) is 1. The zero-order valence-electron chi connectivity index (χ0n) is 14.6. The number of anilines is 1. The van der Waals surface area contributed by atoms with Gasteiger partial charge in [-0.2, -0.15) is 9.61 Å². The van der Waals surface area contributed by atoms with Crippen molar-refractivity contribution >= 4 is 51.5 Å². The highest BCUT2D eigenvalue weighted by Gasteiger charge is 2.12. The van der Waals surface area contributed by atoms with Gasteiger partial charge in [0.25, 0.3) is 0 Å². The summed E-state index contributed by atoms with van der Waals surface area (Å²) in [5, 5.41) is 24.8. The van der Waals surface area contributed by atoms with E-state index in [1.807, 2.05) is 31.2 Å². The lowest BCUT2D eigenvalue weighted by Crippen LogP contribution is -2.14. The first-order valence-electron chi connectivity index (χ1n) is 8.24. The summed E-state index contributed by atoms with van der Waals surface area (Å²) in [7, 11) is 0. The zero-order valence-corrected chi connectivity index (χ0v) is 17.1. The average molecular weight is 431 g/mol. The van der Waals surface area contributed by atoms with Gasteiger partial charge < -0.3 is 0 Å². The molecule has 142 valence electrons. The van der Waals surface area contributed by atoms with Crippen molar-refractivity contribution in [3.63, 3.8) is 0 Å². The molecular weight excluding hydrogens is 416 g/mol. The zero-order chi connectivity index (χ0) is 19.3. The summed E-state index contributed by atoms with van der Waals surface area (Å²) in [5.41, 5.74) is 1.45. The highest BCUT2D eigenvalue weighted by molar-refractivity contribution is 8.01. The molecule has 12 heteroatoms. The van der Waals surface area contributed by atoms with E-state index in [1.165, 1.54) is 23.1 Å². The van der Waals surface area contributed by atoms with Gasteiger partial charge in [0.05, 0.1) is 5.75 Å². The molecule has 0 aromatic carbocycles. The second kappa shape index (κ2) is 8.63. The Labute approximate surface area is 172 Å². The van der Waals surface area contributed by atoms with Gasteiger partial charge in [0.1, 0.15) is 5.03 Å². The number of carbonyl (C=O) groups is 1. The van der Waals surface area contributed by atoms with E-state index in [2.05, 4.69) is 35.8 Å². The number of thioether (sulfide) groups is 2. The summed E-state index contributed by atoms with van der Waals surface area (Å²) in [6, 6.07) is 7.36. The van der Waals surface area contributed by atoms with Crippen molar-refractivity contribution in [1.29, 1.82) is 0 Å². The number of carbonyl (C=O) groups excluding carboxylic acids is 1. The van der Waals surface area contributed by atoms with E-state index in [1.54, 1.807) is 28.7 Å². The van der Waals surface area contributed by atoms with Gasteiger partial charge in [-0.05, 0) is 30.0 Å². The van der Waals surface area contributed by atoms with E-state index in [0.29, 0.717) is 21.6 Å². The first kappa shape index (κ1) is 18.8. The van der Waals surface area contributed by atoms with Crippen molar-refractivity contribution in [2.24, 2.45) is 0 Å². The Balaban J connectivity index is 1.43. The second-order valence-electron chi connectivity index (χ2n) is 5.35. The minimum absolute atomic E-state index is 0.160. The minimum Gasteiger partial charge on any atom is -0.300 e. The molecule has 4 aromatic heterocycles. The molecule has 1 amide bonds.